The summed E-state index contributed by atoms with van der Waals surface area (Å²) >= 11 is 0. The third-order valence-corrected chi connectivity index (χ3v) is 5.47. The number of carbonyl (C=O) groups is 2. The Labute approximate surface area is 169 Å². The molecule has 0 atom stereocenters. The molecule has 2 aromatic rings. The summed E-state index contributed by atoms with van der Waals surface area (Å²) in [5, 5.41) is 4.98. The fourth-order valence-electron chi connectivity index (χ4n) is 2.32. The Morgan fingerprint density at radius 2 is 1.62 bits per heavy atom. The molecule has 2 rings (SSSR count). The van der Waals surface area contributed by atoms with Gasteiger partial charge in [-0.2, -0.15) is 0 Å². The van der Waals surface area contributed by atoms with Crippen molar-refractivity contribution < 1.29 is 27.1 Å². The van der Waals surface area contributed by atoms with Gasteiger partial charge in [-0.05, 0) is 63.2 Å². The van der Waals surface area contributed by atoms with Crippen LogP contribution in [0.2, 0.25) is 0 Å². The third-order valence-electron chi connectivity index (χ3n) is 3.72. The van der Waals surface area contributed by atoms with Crippen molar-refractivity contribution in [1.82, 2.24) is 0 Å². The largest absolute Gasteiger partial charge is 0.444 e. The van der Waals surface area contributed by atoms with Crippen LogP contribution in [0.4, 0.5) is 20.6 Å². The molecule has 2 N–H and O–H groups in total. The topological polar surface area (TPSA) is 102 Å². The van der Waals surface area contributed by atoms with Crippen LogP contribution in [-0.4, -0.2) is 31.8 Å². The van der Waals surface area contributed by atoms with E-state index < -0.39 is 33.3 Å². The summed E-state index contributed by atoms with van der Waals surface area (Å²) in [6, 6.07) is 8.87. The van der Waals surface area contributed by atoms with E-state index in [9.17, 15) is 22.4 Å². The van der Waals surface area contributed by atoms with E-state index in [2.05, 4.69) is 10.6 Å². The Morgan fingerprint density at radius 1 is 1.00 bits per heavy atom. The van der Waals surface area contributed by atoms with E-state index in [1.807, 2.05) is 0 Å². The van der Waals surface area contributed by atoms with Crippen molar-refractivity contribution in [2.24, 2.45) is 0 Å². The molecule has 9 heteroatoms. The Kier molecular flexibility index (Phi) is 6.63. The van der Waals surface area contributed by atoms with Crippen molar-refractivity contribution in [1.29, 1.82) is 0 Å². The summed E-state index contributed by atoms with van der Waals surface area (Å²) in [6.45, 7) is 6.62. The maximum atomic E-state index is 13.7. The second-order valence-corrected chi connectivity index (χ2v) is 9.48. The number of hydrogen-bond acceptors (Lipinski definition) is 5. The lowest BCUT2D eigenvalue weighted by Gasteiger charge is -2.20. The van der Waals surface area contributed by atoms with E-state index in [1.165, 1.54) is 37.3 Å². The zero-order valence-electron chi connectivity index (χ0n) is 16.6. The van der Waals surface area contributed by atoms with E-state index in [-0.39, 0.29) is 27.6 Å². The molecule has 0 saturated carbocycles. The fraction of sp³-hybridized carbons (Fsp3) is 0.300. The number of carbonyl (C=O) groups excluding carboxylic acids is 2. The normalized spacial score (nSPS) is 11.6. The van der Waals surface area contributed by atoms with Gasteiger partial charge in [0.1, 0.15) is 11.4 Å². The van der Waals surface area contributed by atoms with Gasteiger partial charge in [-0.15, -0.1) is 0 Å². The molecule has 2 amide bonds. The number of benzene rings is 2. The minimum absolute atomic E-state index is 0.0334. The van der Waals surface area contributed by atoms with Crippen molar-refractivity contribution in [2.75, 3.05) is 16.4 Å². The summed E-state index contributed by atoms with van der Waals surface area (Å²) in [5.74, 6) is -1.26. The second-order valence-electron chi connectivity index (χ2n) is 7.20. The van der Waals surface area contributed by atoms with Gasteiger partial charge < -0.3 is 10.1 Å². The molecular weight excluding hydrogens is 399 g/mol. The Morgan fingerprint density at radius 3 is 2.17 bits per heavy atom. The molecule has 0 spiro atoms. The van der Waals surface area contributed by atoms with Gasteiger partial charge in [-0.1, -0.05) is 6.92 Å². The minimum Gasteiger partial charge on any atom is -0.444 e. The predicted octanol–water partition coefficient (Wildman–Crippen LogP) is 4.22. The zero-order chi connectivity index (χ0) is 21.8. The molecular formula is C20H23FN2O5S. The molecule has 0 aromatic heterocycles. The van der Waals surface area contributed by atoms with E-state index in [1.54, 1.807) is 20.8 Å². The molecule has 0 fully saturated rings. The molecule has 0 saturated heterocycles. The molecule has 0 aliphatic heterocycles. The standard InChI is InChI=1S/C20H23FN2O5S/c1-5-29(26,27)15-9-6-13(7-10-15)18(24)22-17-12-14(21)8-11-16(17)23-19(25)28-20(2,3)4/h6-12H,5H2,1-4H3,(H,22,24)(H,23,25). The van der Waals surface area contributed by atoms with Crippen molar-refractivity contribution in [3.05, 3.63) is 53.8 Å². The molecule has 0 aliphatic rings. The first-order valence-electron chi connectivity index (χ1n) is 8.85. The first-order chi connectivity index (χ1) is 13.4. The van der Waals surface area contributed by atoms with Crippen LogP contribution >= 0.6 is 0 Å². The Bertz CT molecular complexity index is 1010. The molecule has 0 radical (unpaired) electrons. The highest BCUT2D eigenvalue weighted by atomic mass is 32.2. The lowest BCUT2D eigenvalue weighted by atomic mass is 10.2. The average Bonchev–Trinajstić information content (AvgIpc) is 2.62. The van der Waals surface area contributed by atoms with Gasteiger partial charge in [-0.25, -0.2) is 17.6 Å². The molecule has 0 unspecified atom stereocenters. The number of rotatable bonds is 5. The van der Waals surface area contributed by atoms with Crippen LogP contribution in [0, 0.1) is 5.82 Å². The first-order valence-corrected chi connectivity index (χ1v) is 10.5. The molecule has 0 bridgehead atoms. The van der Waals surface area contributed by atoms with Crippen molar-refractivity contribution in [3.63, 3.8) is 0 Å². The van der Waals surface area contributed by atoms with E-state index >= 15 is 0 Å². The van der Waals surface area contributed by atoms with Crippen LogP contribution in [0.5, 0.6) is 0 Å². The van der Waals surface area contributed by atoms with Crippen LogP contribution < -0.4 is 10.6 Å². The van der Waals surface area contributed by atoms with Crippen LogP contribution in [0.25, 0.3) is 0 Å². The maximum Gasteiger partial charge on any atom is 0.412 e. The molecule has 0 heterocycles. The highest BCUT2D eigenvalue weighted by Crippen LogP contribution is 2.25. The molecule has 29 heavy (non-hydrogen) atoms. The van der Waals surface area contributed by atoms with Crippen LogP contribution in [-0.2, 0) is 14.6 Å². The van der Waals surface area contributed by atoms with Crippen LogP contribution in [0.15, 0.2) is 47.4 Å². The number of anilines is 2. The zero-order valence-corrected chi connectivity index (χ0v) is 17.4. The van der Waals surface area contributed by atoms with Crippen molar-refractivity contribution >= 4 is 33.2 Å². The van der Waals surface area contributed by atoms with Gasteiger partial charge in [0.2, 0.25) is 0 Å². The SMILES string of the molecule is CCS(=O)(=O)c1ccc(C(=O)Nc2cc(F)ccc2NC(=O)OC(C)(C)C)cc1. The first kappa shape index (κ1) is 22.4. The Hall–Kier alpha value is -2.94. The number of hydrogen-bond donors (Lipinski definition) is 2. The van der Waals surface area contributed by atoms with Crippen molar-refractivity contribution in [2.45, 2.75) is 38.2 Å². The van der Waals surface area contributed by atoms with Gasteiger partial charge in [0.25, 0.3) is 5.91 Å². The average molecular weight is 422 g/mol. The number of ether oxygens (including phenoxy) is 1. The van der Waals surface area contributed by atoms with Crippen LogP contribution in [0.1, 0.15) is 38.1 Å². The molecule has 2 aromatic carbocycles. The highest BCUT2D eigenvalue weighted by Gasteiger charge is 2.19. The van der Waals surface area contributed by atoms with Gasteiger partial charge in [0, 0.05) is 5.56 Å². The van der Waals surface area contributed by atoms with Crippen molar-refractivity contribution in [3.8, 4) is 0 Å². The third kappa shape index (κ3) is 6.28. The summed E-state index contributed by atoms with van der Waals surface area (Å²) in [7, 11) is -3.38. The lowest BCUT2D eigenvalue weighted by Crippen LogP contribution is -2.27. The highest BCUT2D eigenvalue weighted by molar-refractivity contribution is 7.91. The minimum atomic E-state index is -3.38. The molecule has 0 aliphatic carbocycles. The lowest BCUT2D eigenvalue weighted by molar-refractivity contribution is 0.0635. The van der Waals surface area contributed by atoms with Crippen LogP contribution in [0.3, 0.4) is 0 Å². The second kappa shape index (κ2) is 8.60. The fourth-order valence-corrected chi connectivity index (χ4v) is 3.20. The van der Waals surface area contributed by atoms with Gasteiger partial charge in [-0.3, -0.25) is 10.1 Å². The van der Waals surface area contributed by atoms with Gasteiger partial charge in [0.05, 0.1) is 22.0 Å². The number of nitrogens with one attached hydrogen (secondary N) is 2. The summed E-state index contributed by atoms with van der Waals surface area (Å²) in [6.07, 6.45) is -0.756. The monoisotopic (exact) mass is 422 g/mol. The smallest absolute Gasteiger partial charge is 0.412 e. The number of sulfone groups is 1. The van der Waals surface area contributed by atoms with E-state index in [0.717, 1.165) is 12.1 Å². The quantitative estimate of drug-likeness (QED) is 0.751. The molecule has 7 nitrogen and oxygen atoms in total. The number of halogens is 1. The van der Waals surface area contributed by atoms with Gasteiger partial charge >= 0.3 is 6.09 Å². The summed E-state index contributed by atoms with van der Waals surface area (Å²) < 4.78 is 42.6. The Balaban J connectivity index is 2.21. The summed E-state index contributed by atoms with van der Waals surface area (Å²) in [5.41, 5.74) is -0.369. The van der Waals surface area contributed by atoms with E-state index in [0.29, 0.717) is 0 Å². The number of amides is 2. The van der Waals surface area contributed by atoms with Gasteiger partial charge in [0.15, 0.2) is 9.84 Å². The summed E-state index contributed by atoms with van der Waals surface area (Å²) in [4.78, 5) is 24.6. The molecule has 156 valence electrons. The maximum absolute atomic E-state index is 13.7. The predicted molar refractivity (Wildman–Crippen MR) is 108 cm³/mol. The van der Waals surface area contributed by atoms with E-state index in [4.69, 9.17) is 4.74 Å².